The van der Waals surface area contributed by atoms with Crippen molar-refractivity contribution < 1.29 is 15.0 Å². The minimum atomic E-state index is -1.02. The Hall–Kier alpha value is -1.22. The summed E-state index contributed by atoms with van der Waals surface area (Å²) < 4.78 is 0. The van der Waals surface area contributed by atoms with E-state index in [1.807, 2.05) is 0 Å². The van der Waals surface area contributed by atoms with Gasteiger partial charge in [-0.15, -0.1) is 0 Å². The van der Waals surface area contributed by atoms with Crippen molar-refractivity contribution in [3.63, 3.8) is 0 Å². The van der Waals surface area contributed by atoms with E-state index in [0.29, 0.717) is 29.0 Å². The molecule has 4 heteroatoms. The van der Waals surface area contributed by atoms with Crippen LogP contribution in [0.4, 0.5) is 0 Å². The zero-order chi connectivity index (χ0) is 13.3. The standard InChI is InChI=1S/C14H17ClO3/c1-9-5-6-10(15)11(12(9)16)14(13(17)18)7-3-2-4-8-14/h5-6,16H,2-4,7-8H2,1H3,(H,17,18). The Labute approximate surface area is 111 Å². The van der Waals surface area contributed by atoms with Crippen LogP contribution in [-0.4, -0.2) is 16.2 Å². The molecule has 0 spiro atoms. The Morgan fingerprint density at radius 3 is 2.44 bits per heavy atom. The van der Waals surface area contributed by atoms with Gasteiger partial charge in [-0.2, -0.15) is 0 Å². The number of phenols is 1. The van der Waals surface area contributed by atoms with Crippen molar-refractivity contribution in [1.29, 1.82) is 0 Å². The highest BCUT2D eigenvalue weighted by molar-refractivity contribution is 6.32. The van der Waals surface area contributed by atoms with E-state index in [1.165, 1.54) is 0 Å². The summed E-state index contributed by atoms with van der Waals surface area (Å²) in [6.45, 7) is 1.76. The van der Waals surface area contributed by atoms with Crippen LogP contribution in [-0.2, 0) is 10.2 Å². The second kappa shape index (κ2) is 4.81. The fraction of sp³-hybridized carbons (Fsp3) is 0.500. The highest BCUT2D eigenvalue weighted by Gasteiger charge is 2.44. The number of rotatable bonds is 2. The lowest BCUT2D eigenvalue weighted by atomic mass is 9.69. The molecule has 0 aliphatic heterocycles. The molecule has 1 aromatic carbocycles. The number of benzene rings is 1. The van der Waals surface area contributed by atoms with Crippen LogP contribution in [0.2, 0.25) is 5.02 Å². The topological polar surface area (TPSA) is 57.5 Å². The van der Waals surface area contributed by atoms with Crippen molar-refractivity contribution in [2.75, 3.05) is 0 Å². The Morgan fingerprint density at radius 1 is 1.28 bits per heavy atom. The third kappa shape index (κ3) is 1.97. The van der Waals surface area contributed by atoms with E-state index in [9.17, 15) is 15.0 Å². The summed E-state index contributed by atoms with van der Waals surface area (Å²) in [6.07, 6.45) is 3.84. The zero-order valence-electron chi connectivity index (χ0n) is 10.4. The predicted octanol–water partition coefficient (Wildman–Crippen LogP) is 3.64. The molecule has 1 aliphatic carbocycles. The average Bonchev–Trinajstić information content (AvgIpc) is 2.35. The molecular formula is C14H17ClO3. The van der Waals surface area contributed by atoms with Gasteiger partial charge < -0.3 is 10.2 Å². The first-order valence-electron chi connectivity index (χ1n) is 6.21. The first-order valence-corrected chi connectivity index (χ1v) is 6.59. The van der Waals surface area contributed by atoms with E-state index in [1.54, 1.807) is 19.1 Å². The molecule has 2 rings (SSSR count). The smallest absolute Gasteiger partial charge is 0.314 e. The van der Waals surface area contributed by atoms with Crippen LogP contribution < -0.4 is 0 Å². The van der Waals surface area contributed by atoms with Crippen LogP contribution in [0.1, 0.15) is 43.2 Å². The molecule has 1 saturated carbocycles. The van der Waals surface area contributed by atoms with Gasteiger partial charge in [-0.05, 0) is 31.4 Å². The summed E-state index contributed by atoms with van der Waals surface area (Å²) in [5, 5.41) is 20.2. The molecule has 0 aromatic heterocycles. The highest BCUT2D eigenvalue weighted by atomic mass is 35.5. The van der Waals surface area contributed by atoms with E-state index in [2.05, 4.69) is 0 Å². The SMILES string of the molecule is Cc1ccc(Cl)c(C2(C(=O)O)CCCCC2)c1O. The molecule has 0 unspecified atom stereocenters. The number of aromatic hydroxyl groups is 1. The lowest BCUT2D eigenvalue weighted by Gasteiger charge is -2.35. The van der Waals surface area contributed by atoms with E-state index >= 15 is 0 Å². The number of carboxylic acids is 1. The summed E-state index contributed by atoms with van der Waals surface area (Å²) in [6, 6.07) is 3.38. The van der Waals surface area contributed by atoms with Crippen molar-refractivity contribution >= 4 is 17.6 Å². The molecule has 18 heavy (non-hydrogen) atoms. The quantitative estimate of drug-likeness (QED) is 0.861. The fourth-order valence-corrected chi connectivity index (χ4v) is 3.19. The van der Waals surface area contributed by atoms with Crippen LogP contribution in [0.3, 0.4) is 0 Å². The van der Waals surface area contributed by atoms with Gasteiger partial charge in [0.25, 0.3) is 0 Å². The minimum Gasteiger partial charge on any atom is -0.507 e. The monoisotopic (exact) mass is 268 g/mol. The summed E-state index contributed by atoms with van der Waals surface area (Å²) in [5.74, 6) is -0.850. The average molecular weight is 269 g/mol. The summed E-state index contributed by atoms with van der Waals surface area (Å²) >= 11 is 6.15. The summed E-state index contributed by atoms with van der Waals surface area (Å²) in [5.41, 5.74) is 0.0443. The van der Waals surface area contributed by atoms with Crippen molar-refractivity contribution in [1.82, 2.24) is 0 Å². The van der Waals surface area contributed by atoms with E-state index in [-0.39, 0.29) is 5.75 Å². The van der Waals surface area contributed by atoms with Crippen LogP contribution in [0.5, 0.6) is 5.75 Å². The Kier molecular flexibility index (Phi) is 3.53. The first-order chi connectivity index (χ1) is 8.49. The van der Waals surface area contributed by atoms with Crippen molar-refractivity contribution in [2.45, 2.75) is 44.4 Å². The molecule has 1 aliphatic rings. The Morgan fingerprint density at radius 2 is 1.89 bits per heavy atom. The molecular weight excluding hydrogens is 252 g/mol. The predicted molar refractivity (Wildman–Crippen MR) is 70.3 cm³/mol. The van der Waals surface area contributed by atoms with Gasteiger partial charge in [0.2, 0.25) is 0 Å². The number of phenolic OH excluding ortho intramolecular Hbond substituents is 1. The maximum absolute atomic E-state index is 11.7. The molecule has 0 radical (unpaired) electrons. The summed E-state index contributed by atoms with van der Waals surface area (Å²) in [7, 11) is 0. The molecule has 0 bridgehead atoms. The van der Waals surface area contributed by atoms with E-state index in [0.717, 1.165) is 19.3 Å². The van der Waals surface area contributed by atoms with Gasteiger partial charge in [0.15, 0.2) is 0 Å². The maximum atomic E-state index is 11.7. The number of carbonyl (C=O) groups is 1. The Balaban J connectivity index is 2.63. The van der Waals surface area contributed by atoms with Crippen molar-refractivity contribution in [2.24, 2.45) is 0 Å². The molecule has 0 atom stereocenters. The normalized spacial score (nSPS) is 18.6. The van der Waals surface area contributed by atoms with Crippen LogP contribution in [0.25, 0.3) is 0 Å². The van der Waals surface area contributed by atoms with Gasteiger partial charge in [-0.1, -0.05) is 36.9 Å². The van der Waals surface area contributed by atoms with Crippen LogP contribution >= 0.6 is 11.6 Å². The number of halogens is 1. The molecule has 1 fully saturated rings. The molecule has 0 amide bonds. The zero-order valence-corrected chi connectivity index (χ0v) is 11.1. The highest BCUT2D eigenvalue weighted by Crippen LogP contribution is 2.47. The molecule has 0 saturated heterocycles. The molecule has 98 valence electrons. The van der Waals surface area contributed by atoms with Gasteiger partial charge in [0, 0.05) is 10.6 Å². The van der Waals surface area contributed by atoms with Gasteiger partial charge in [0.1, 0.15) is 5.75 Å². The minimum absolute atomic E-state index is 0.0341. The summed E-state index contributed by atoms with van der Waals surface area (Å²) in [4.78, 5) is 11.7. The molecule has 0 heterocycles. The maximum Gasteiger partial charge on any atom is 0.314 e. The second-order valence-corrected chi connectivity index (χ2v) is 5.44. The first kappa shape index (κ1) is 13.2. The van der Waals surface area contributed by atoms with Gasteiger partial charge >= 0.3 is 5.97 Å². The van der Waals surface area contributed by atoms with E-state index < -0.39 is 11.4 Å². The van der Waals surface area contributed by atoms with Gasteiger partial charge in [0.05, 0.1) is 5.41 Å². The lowest BCUT2D eigenvalue weighted by molar-refractivity contribution is -0.145. The molecule has 2 N–H and O–H groups in total. The number of aryl methyl sites for hydroxylation is 1. The second-order valence-electron chi connectivity index (χ2n) is 5.04. The Bertz CT molecular complexity index is 476. The van der Waals surface area contributed by atoms with Crippen LogP contribution in [0.15, 0.2) is 12.1 Å². The van der Waals surface area contributed by atoms with Gasteiger partial charge in [-0.3, -0.25) is 4.79 Å². The largest absolute Gasteiger partial charge is 0.507 e. The number of hydrogen-bond donors (Lipinski definition) is 2. The molecule has 3 nitrogen and oxygen atoms in total. The van der Waals surface area contributed by atoms with Gasteiger partial charge in [-0.25, -0.2) is 0 Å². The lowest BCUT2D eigenvalue weighted by Crippen LogP contribution is -2.38. The number of carboxylic acid groups (broad SMARTS) is 1. The van der Waals surface area contributed by atoms with Crippen molar-refractivity contribution in [3.05, 3.63) is 28.3 Å². The number of aliphatic carboxylic acids is 1. The van der Waals surface area contributed by atoms with Crippen molar-refractivity contribution in [3.8, 4) is 5.75 Å². The fourth-order valence-electron chi connectivity index (χ4n) is 2.85. The third-order valence-corrected chi connectivity index (χ3v) is 4.24. The number of hydrogen-bond acceptors (Lipinski definition) is 2. The molecule has 1 aromatic rings. The third-order valence-electron chi connectivity index (χ3n) is 3.92. The van der Waals surface area contributed by atoms with Crippen LogP contribution in [0, 0.1) is 6.92 Å². The van der Waals surface area contributed by atoms with E-state index in [4.69, 9.17) is 11.6 Å².